The van der Waals surface area contributed by atoms with Crippen molar-refractivity contribution >= 4 is 21.5 Å². The Morgan fingerprint density at radius 1 is 0.272 bits per heavy atom. The molecule has 0 radical (unpaired) electrons. The van der Waals surface area contributed by atoms with E-state index < -0.39 is 0 Å². The second-order valence-corrected chi connectivity index (χ2v) is 27.7. The minimum Gasteiger partial charge on any atom is -0.208 e. The first-order valence-corrected chi connectivity index (χ1v) is 32.1. The summed E-state index contributed by atoms with van der Waals surface area (Å²) >= 11 is 0. The summed E-state index contributed by atoms with van der Waals surface area (Å²) in [5.41, 5.74) is 18.1. The van der Waals surface area contributed by atoms with Gasteiger partial charge in [0.2, 0.25) is 0 Å². The smallest absolute Gasteiger partial charge is 0.164 e. The van der Waals surface area contributed by atoms with Crippen molar-refractivity contribution in [3.05, 3.63) is 276 Å². The second kappa shape index (κ2) is 22.6. The van der Waals surface area contributed by atoms with Crippen LogP contribution in [-0.4, -0.2) is 29.9 Å². The molecule has 1 unspecified atom stereocenters. The molecule has 0 spiro atoms. The molecule has 1 atom stereocenters. The van der Waals surface area contributed by atoms with E-state index in [-0.39, 0.29) is 33.3 Å². The van der Waals surface area contributed by atoms with Crippen LogP contribution in [0, 0.1) is 11.6 Å². The van der Waals surface area contributed by atoms with Gasteiger partial charge in [0, 0.05) is 33.4 Å². The van der Waals surface area contributed by atoms with Crippen LogP contribution in [0.4, 0.5) is 8.78 Å². The van der Waals surface area contributed by atoms with Gasteiger partial charge in [-0.25, -0.2) is 38.7 Å². The van der Waals surface area contributed by atoms with Gasteiger partial charge in [-0.2, -0.15) is 0 Å². The minimum absolute atomic E-state index is 0.0810. The van der Waals surface area contributed by atoms with Gasteiger partial charge in [-0.3, -0.25) is 0 Å². The summed E-state index contributed by atoms with van der Waals surface area (Å²) in [4.78, 5) is 30.4. The van der Waals surface area contributed by atoms with E-state index in [4.69, 9.17) is 29.9 Å². The molecule has 0 aliphatic heterocycles. The van der Waals surface area contributed by atoms with Gasteiger partial charge in [0.05, 0.1) is 0 Å². The Hall–Kier alpha value is -10.2. The summed E-state index contributed by atoms with van der Waals surface area (Å²) in [6.45, 7) is 16.6. The molecule has 2 aliphatic rings. The van der Waals surface area contributed by atoms with E-state index >= 15 is 0 Å². The van der Waals surface area contributed by atoms with Gasteiger partial charge in [-0.15, -0.1) is 0 Å². The maximum absolute atomic E-state index is 14.8. The van der Waals surface area contributed by atoms with Crippen LogP contribution < -0.4 is 0 Å². The third-order valence-electron chi connectivity index (χ3n) is 20.0. The highest BCUT2D eigenvalue weighted by Crippen LogP contribution is 2.50. The molecular formula is C84H70F2N6. The minimum atomic E-state index is -0.349. The van der Waals surface area contributed by atoms with E-state index in [1.807, 2.05) is 6.07 Å². The lowest BCUT2D eigenvalue weighted by Gasteiger charge is -2.44. The summed E-state index contributed by atoms with van der Waals surface area (Å²) < 4.78 is 29.2. The Kier molecular flexibility index (Phi) is 14.3. The van der Waals surface area contributed by atoms with Gasteiger partial charge in [0.25, 0.3) is 0 Å². The zero-order valence-corrected chi connectivity index (χ0v) is 53.0. The summed E-state index contributed by atoms with van der Waals surface area (Å²) in [6, 6.07) is 80.2. The number of aromatic nitrogens is 6. The van der Waals surface area contributed by atoms with Crippen molar-refractivity contribution < 1.29 is 8.78 Å². The van der Waals surface area contributed by atoms with Crippen LogP contribution in [0.25, 0.3) is 123 Å². The summed E-state index contributed by atoms with van der Waals surface area (Å²) in [6.07, 6.45) is 5.19. The highest BCUT2D eigenvalue weighted by atomic mass is 19.1. The number of halogens is 2. The first-order chi connectivity index (χ1) is 44.4. The molecule has 0 bridgehead atoms. The van der Waals surface area contributed by atoms with Crippen LogP contribution in [0.3, 0.4) is 0 Å². The normalized spacial score (nSPS) is 16.3. The van der Waals surface area contributed by atoms with Crippen molar-refractivity contribution in [1.29, 1.82) is 0 Å². The van der Waals surface area contributed by atoms with Gasteiger partial charge < -0.3 is 0 Å². The quantitative estimate of drug-likeness (QED) is 0.128. The highest BCUT2D eigenvalue weighted by Gasteiger charge is 2.41. The number of rotatable bonds is 11. The molecule has 0 saturated carbocycles. The zero-order chi connectivity index (χ0) is 63.1. The maximum atomic E-state index is 14.8. The Morgan fingerprint density at radius 2 is 0.663 bits per heavy atom. The molecule has 450 valence electrons. The average molecular weight is 1200 g/mol. The molecule has 92 heavy (non-hydrogen) atoms. The molecule has 2 aliphatic carbocycles. The third kappa shape index (κ3) is 11.1. The molecule has 2 aromatic heterocycles. The van der Waals surface area contributed by atoms with E-state index in [0.717, 1.165) is 87.7 Å². The van der Waals surface area contributed by atoms with E-state index in [2.05, 4.69) is 237 Å². The molecule has 13 aromatic rings. The van der Waals surface area contributed by atoms with E-state index in [1.54, 1.807) is 18.2 Å². The molecule has 0 fully saturated rings. The summed E-state index contributed by atoms with van der Waals surface area (Å²) in [5.74, 6) is 2.38. The molecule has 2 heterocycles. The van der Waals surface area contributed by atoms with Crippen molar-refractivity contribution in [3.63, 3.8) is 0 Å². The number of benzene rings is 11. The van der Waals surface area contributed by atoms with Gasteiger partial charge >= 0.3 is 0 Å². The lowest BCUT2D eigenvalue weighted by atomic mass is 9.60. The molecule has 0 N–H and O–H groups in total. The predicted molar refractivity (Wildman–Crippen MR) is 372 cm³/mol. The molecule has 0 amide bonds. The molecule has 11 aromatic carbocycles. The van der Waals surface area contributed by atoms with Gasteiger partial charge in [0.15, 0.2) is 34.9 Å². The molecule has 15 rings (SSSR count). The standard InChI is InChI=1S/C84H70F2N6/c1-81(2)41-42-82(3,4)73-49-62(34-39-71(73)81)59-15-10-17-64(47-59)78-88-75(87-77(89-78)57-31-36-68(85)37-32-57)55-28-23-54(24-29-55)61-33-38-70-63(46-61)16-11-19-67(70)51-84(7)44-43-83(5,6)74-50-66(35-40-72(74)84)80-91-76(90-79(92-80)65-18-12-20-69(86)48-65)56-26-21-53(22-27-56)60-30-25-52-13-8-9-14-58(52)45-60/h8-40,45-50H,41-44,51H2,1-7H3. The number of hydrogen-bond donors (Lipinski definition) is 0. The zero-order valence-electron chi connectivity index (χ0n) is 53.0. The van der Waals surface area contributed by atoms with Crippen LogP contribution >= 0.6 is 0 Å². The lowest BCUT2D eigenvalue weighted by molar-refractivity contribution is 0.311. The van der Waals surface area contributed by atoms with E-state index in [1.165, 1.54) is 73.6 Å². The second-order valence-electron chi connectivity index (χ2n) is 27.7. The average Bonchev–Trinajstić information content (AvgIpc) is 0.756. The Bertz CT molecular complexity index is 5030. The Balaban J connectivity index is 0.715. The van der Waals surface area contributed by atoms with Crippen LogP contribution in [0.1, 0.15) is 102 Å². The molecule has 6 nitrogen and oxygen atoms in total. The maximum Gasteiger partial charge on any atom is 0.164 e. The highest BCUT2D eigenvalue weighted by molar-refractivity contribution is 5.91. The fourth-order valence-electron chi connectivity index (χ4n) is 14.3. The van der Waals surface area contributed by atoms with Crippen LogP contribution in [0.5, 0.6) is 0 Å². The van der Waals surface area contributed by atoms with Crippen molar-refractivity contribution in [2.24, 2.45) is 0 Å². The van der Waals surface area contributed by atoms with Crippen molar-refractivity contribution in [2.45, 2.75) is 102 Å². The van der Waals surface area contributed by atoms with Crippen molar-refractivity contribution in [3.8, 4) is 102 Å². The first kappa shape index (κ1) is 58.2. The number of hydrogen-bond acceptors (Lipinski definition) is 6. The summed E-state index contributed by atoms with van der Waals surface area (Å²) in [7, 11) is 0. The Labute approximate surface area is 537 Å². The van der Waals surface area contributed by atoms with Gasteiger partial charge in [-0.05, 0) is 197 Å². The van der Waals surface area contributed by atoms with Crippen LogP contribution in [0.2, 0.25) is 0 Å². The SMILES string of the molecule is CC1(C)CCC(C)(C)c2cc(-c3cccc(-c4nc(-c5ccc(F)cc5)nc(-c5ccc(-c6ccc7c(CC8(C)CCC(C)(C)c9cc(-c%10nc(-c%11ccc(-c%12ccc%13ccccc%13c%12)cc%11)nc(-c%11cccc(F)c%11)n%10)ccc98)cccc7c6)cc5)n4)c3)ccc21. The molecule has 8 heteroatoms. The van der Waals surface area contributed by atoms with Crippen molar-refractivity contribution in [2.75, 3.05) is 0 Å². The number of fused-ring (bicyclic) bond motifs is 4. The monoisotopic (exact) mass is 1200 g/mol. The number of nitrogens with zero attached hydrogens (tertiary/aromatic N) is 6. The predicted octanol–water partition coefficient (Wildman–Crippen LogP) is 21.6. The van der Waals surface area contributed by atoms with Gasteiger partial charge in [-0.1, -0.05) is 224 Å². The van der Waals surface area contributed by atoms with E-state index in [0.29, 0.717) is 46.1 Å². The van der Waals surface area contributed by atoms with Crippen LogP contribution in [-0.2, 0) is 28.1 Å². The van der Waals surface area contributed by atoms with Crippen molar-refractivity contribution in [1.82, 2.24) is 29.9 Å². The fourth-order valence-corrected chi connectivity index (χ4v) is 14.3. The fraction of sp³-hybridized carbons (Fsp3) is 0.190. The lowest BCUT2D eigenvalue weighted by Crippen LogP contribution is -2.37. The van der Waals surface area contributed by atoms with E-state index in [9.17, 15) is 8.78 Å². The largest absolute Gasteiger partial charge is 0.208 e. The first-order valence-electron chi connectivity index (χ1n) is 32.1. The third-order valence-corrected chi connectivity index (χ3v) is 20.0. The molecule has 0 saturated heterocycles. The van der Waals surface area contributed by atoms with Crippen LogP contribution in [0.15, 0.2) is 237 Å². The van der Waals surface area contributed by atoms with Gasteiger partial charge in [0.1, 0.15) is 11.6 Å². The topological polar surface area (TPSA) is 77.3 Å². The molecular weight excluding hydrogens is 1130 g/mol. The Morgan fingerprint density at radius 3 is 1.28 bits per heavy atom. The summed E-state index contributed by atoms with van der Waals surface area (Å²) in [5, 5.41) is 4.81.